The van der Waals surface area contributed by atoms with Gasteiger partial charge in [-0.2, -0.15) is 0 Å². The molecule has 0 aliphatic rings. The van der Waals surface area contributed by atoms with Gasteiger partial charge in [-0.05, 0) is 0 Å². The smallest absolute Gasteiger partial charge is 0.119 e. The molecule has 0 aliphatic heterocycles. The average Bonchev–Trinajstić information content (AvgIpc) is 2.36. The predicted molar refractivity (Wildman–Crippen MR) is 54.9 cm³/mol. The molecule has 12 heavy (non-hydrogen) atoms. The first kappa shape index (κ1) is 10.2. The van der Waals surface area contributed by atoms with E-state index in [0.29, 0.717) is 11.4 Å². The van der Waals surface area contributed by atoms with Crippen LogP contribution >= 0.6 is 27.3 Å². The molecule has 0 bridgehead atoms. The summed E-state index contributed by atoms with van der Waals surface area (Å²) in [6.07, 6.45) is 0.986. The maximum Gasteiger partial charge on any atom is 0.119 e. The molecule has 0 aliphatic carbocycles. The van der Waals surface area contributed by atoms with E-state index in [1.165, 1.54) is 0 Å². The summed E-state index contributed by atoms with van der Waals surface area (Å²) in [4.78, 5) is 4.90. The fourth-order valence-electron chi connectivity index (χ4n) is 0.921. The SMILES string of the molecule is COCc1nc(CC(C)Br)cs1. The number of thiazole rings is 1. The number of rotatable bonds is 4. The first-order valence-corrected chi connectivity index (χ1v) is 5.58. The number of alkyl halides is 1. The molecule has 0 spiro atoms. The number of methoxy groups -OCH3 is 1. The van der Waals surface area contributed by atoms with E-state index >= 15 is 0 Å². The van der Waals surface area contributed by atoms with E-state index in [0.717, 1.165) is 17.1 Å². The third kappa shape index (κ3) is 3.21. The van der Waals surface area contributed by atoms with Crippen molar-refractivity contribution < 1.29 is 4.74 Å². The van der Waals surface area contributed by atoms with Crippen molar-refractivity contribution >= 4 is 27.3 Å². The number of hydrogen-bond donors (Lipinski definition) is 0. The van der Waals surface area contributed by atoms with Crippen LogP contribution in [-0.2, 0) is 17.8 Å². The summed E-state index contributed by atoms with van der Waals surface area (Å²) in [5.74, 6) is 0. The molecular formula is C8H12BrNOS. The van der Waals surface area contributed by atoms with Gasteiger partial charge in [0.25, 0.3) is 0 Å². The van der Waals surface area contributed by atoms with Crippen LogP contribution in [0.2, 0.25) is 0 Å². The van der Waals surface area contributed by atoms with Crippen LogP contribution in [0.3, 0.4) is 0 Å². The normalized spacial score (nSPS) is 13.2. The topological polar surface area (TPSA) is 22.1 Å². The van der Waals surface area contributed by atoms with Gasteiger partial charge >= 0.3 is 0 Å². The standard InChI is InChI=1S/C8H12BrNOS/c1-6(9)3-7-5-12-8(10-7)4-11-2/h5-6H,3-4H2,1-2H3. The van der Waals surface area contributed by atoms with E-state index in [9.17, 15) is 0 Å². The summed E-state index contributed by atoms with van der Waals surface area (Å²) in [6, 6.07) is 0. The van der Waals surface area contributed by atoms with Crippen LogP contribution in [0.5, 0.6) is 0 Å². The van der Waals surface area contributed by atoms with E-state index < -0.39 is 0 Å². The lowest BCUT2D eigenvalue weighted by molar-refractivity contribution is 0.184. The highest BCUT2D eigenvalue weighted by atomic mass is 79.9. The minimum Gasteiger partial charge on any atom is -0.378 e. The van der Waals surface area contributed by atoms with Gasteiger partial charge in [-0.25, -0.2) is 4.98 Å². The van der Waals surface area contributed by atoms with E-state index in [1.54, 1.807) is 18.4 Å². The Morgan fingerprint density at radius 1 is 1.75 bits per heavy atom. The maximum absolute atomic E-state index is 4.98. The monoisotopic (exact) mass is 249 g/mol. The van der Waals surface area contributed by atoms with Gasteiger partial charge in [0.1, 0.15) is 5.01 Å². The van der Waals surface area contributed by atoms with E-state index in [4.69, 9.17) is 4.74 Å². The summed E-state index contributed by atoms with van der Waals surface area (Å²) >= 11 is 5.15. The summed E-state index contributed by atoms with van der Waals surface area (Å²) in [5, 5.41) is 3.15. The number of aromatic nitrogens is 1. The van der Waals surface area contributed by atoms with Crippen molar-refractivity contribution in [3.63, 3.8) is 0 Å². The quantitative estimate of drug-likeness (QED) is 0.766. The molecule has 1 aromatic rings. The fraction of sp³-hybridized carbons (Fsp3) is 0.625. The molecular weight excluding hydrogens is 238 g/mol. The molecule has 1 heterocycles. The Labute approximate surface area is 85.1 Å². The second-order valence-electron chi connectivity index (χ2n) is 2.65. The Morgan fingerprint density at radius 2 is 2.50 bits per heavy atom. The molecule has 0 amide bonds. The predicted octanol–water partition coefficient (Wildman–Crippen LogP) is 2.62. The Morgan fingerprint density at radius 3 is 3.08 bits per heavy atom. The highest BCUT2D eigenvalue weighted by Crippen LogP contribution is 2.14. The summed E-state index contributed by atoms with van der Waals surface area (Å²) in [6.45, 7) is 2.75. The first-order valence-electron chi connectivity index (χ1n) is 3.78. The van der Waals surface area contributed by atoms with Crippen LogP contribution in [-0.4, -0.2) is 16.9 Å². The van der Waals surface area contributed by atoms with Gasteiger partial charge in [0.05, 0.1) is 12.3 Å². The van der Waals surface area contributed by atoms with Crippen LogP contribution < -0.4 is 0 Å². The van der Waals surface area contributed by atoms with Crippen LogP contribution in [0, 0.1) is 0 Å². The second-order valence-corrected chi connectivity index (χ2v) is 5.16. The van der Waals surface area contributed by atoms with Gasteiger partial charge < -0.3 is 4.74 Å². The molecule has 0 saturated carbocycles. The first-order chi connectivity index (χ1) is 5.72. The Kier molecular flexibility index (Phi) is 4.18. The van der Waals surface area contributed by atoms with Crippen molar-refractivity contribution in [1.29, 1.82) is 0 Å². The number of nitrogens with zero attached hydrogens (tertiary/aromatic N) is 1. The van der Waals surface area contributed by atoms with Crippen molar-refractivity contribution in [2.75, 3.05) is 7.11 Å². The molecule has 4 heteroatoms. The third-order valence-electron chi connectivity index (χ3n) is 1.36. The van der Waals surface area contributed by atoms with Crippen LogP contribution in [0.4, 0.5) is 0 Å². The molecule has 1 aromatic heterocycles. The molecule has 0 aromatic carbocycles. The molecule has 0 radical (unpaired) electrons. The average molecular weight is 250 g/mol. The molecule has 0 N–H and O–H groups in total. The van der Waals surface area contributed by atoms with Crippen molar-refractivity contribution in [3.05, 3.63) is 16.1 Å². The van der Waals surface area contributed by atoms with Crippen molar-refractivity contribution in [3.8, 4) is 0 Å². The Bertz CT molecular complexity index is 237. The van der Waals surface area contributed by atoms with Gasteiger partial charge in [0.15, 0.2) is 0 Å². The van der Waals surface area contributed by atoms with Gasteiger partial charge in [0, 0.05) is 23.7 Å². The molecule has 1 unspecified atom stereocenters. The zero-order valence-corrected chi connectivity index (χ0v) is 9.61. The number of halogens is 1. The maximum atomic E-state index is 4.98. The highest BCUT2D eigenvalue weighted by molar-refractivity contribution is 9.09. The van der Waals surface area contributed by atoms with Crippen LogP contribution in [0.1, 0.15) is 17.6 Å². The summed E-state index contributed by atoms with van der Waals surface area (Å²) < 4.78 is 4.98. The van der Waals surface area contributed by atoms with E-state index in [-0.39, 0.29) is 0 Å². The lowest BCUT2D eigenvalue weighted by Gasteiger charge is -1.97. The van der Waals surface area contributed by atoms with Crippen molar-refractivity contribution in [1.82, 2.24) is 4.98 Å². The second kappa shape index (κ2) is 4.94. The zero-order chi connectivity index (χ0) is 8.97. The minimum atomic E-state index is 0.495. The van der Waals surface area contributed by atoms with Gasteiger partial charge in [-0.3, -0.25) is 0 Å². The van der Waals surface area contributed by atoms with E-state index in [2.05, 4.69) is 33.2 Å². The summed E-state index contributed by atoms with van der Waals surface area (Å²) in [5.41, 5.74) is 1.15. The molecule has 1 atom stereocenters. The van der Waals surface area contributed by atoms with Crippen LogP contribution in [0.25, 0.3) is 0 Å². The fourth-order valence-corrected chi connectivity index (χ4v) is 2.03. The van der Waals surface area contributed by atoms with Crippen LogP contribution in [0.15, 0.2) is 5.38 Å². The molecule has 68 valence electrons. The Balaban J connectivity index is 2.52. The molecule has 0 fully saturated rings. The van der Waals surface area contributed by atoms with Gasteiger partial charge in [0.2, 0.25) is 0 Å². The van der Waals surface area contributed by atoms with Gasteiger partial charge in [-0.15, -0.1) is 11.3 Å². The van der Waals surface area contributed by atoms with Crippen molar-refractivity contribution in [2.24, 2.45) is 0 Å². The zero-order valence-electron chi connectivity index (χ0n) is 7.21. The number of ether oxygens (including phenoxy) is 1. The minimum absolute atomic E-state index is 0.495. The molecule has 2 nitrogen and oxygen atoms in total. The lowest BCUT2D eigenvalue weighted by atomic mass is 10.3. The highest BCUT2D eigenvalue weighted by Gasteiger charge is 2.03. The Hall–Kier alpha value is 0.0700. The van der Waals surface area contributed by atoms with E-state index in [1.807, 2.05) is 0 Å². The van der Waals surface area contributed by atoms with Gasteiger partial charge in [-0.1, -0.05) is 22.9 Å². The largest absolute Gasteiger partial charge is 0.378 e. The van der Waals surface area contributed by atoms with Crippen molar-refractivity contribution in [2.45, 2.75) is 24.8 Å². The molecule has 1 rings (SSSR count). The number of hydrogen-bond acceptors (Lipinski definition) is 3. The molecule has 0 saturated heterocycles. The summed E-state index contributed by atoms with van der Waals surface area (Å²) in [7, 11) is 1.69. The lowest BCUT2D eigenvalue weighted by Crippen LogP contribution is -1.97. The third-order valence-corrected chi connectivity index (χ3v) is 2.55.